The van der Waals surface area contributed by atoms with E-state index in [9.17, 15) is 9.59 Å². The third-order valence-corrected chi connectivity index (χ3v) is 2.75. The minimum atomic E-state index is -1.05. The number of hydrogen-bond donors (Lipinski definition) is 2. The van der Waals surface area contributed by atoms with Crippen molar-refractivity contribution in [2.75, 3.05) is 13.7 Å². The maximum atomic E-state index is 11.7. The Balaban J connectivity index is 2.43. The van der Waals surface area contributed by atoms with Gasteiger partial charge >= 0.3 is 5.97 Å². The molecule has 0 radical (unpaired) electrons. The molecule has 17 heavy (non-hydrogen) atoms. The summed E-state index contributed by atoms with van der Waals surface area (Å²) < 4.78 is 10.2. The topological polar surface area (TPSA) is 84.9 Å². The molecule has 0 spiro atoms. The molecule has 0 aromatic heterocycles. The maximum absolute atomic E-state index is 11.7. The Morgan fingerprint density at radius 3 is 2.71 bits per heavy atom. The van der Waals surface area contributed by atoms with Crippen molar-refractivity contribution in [3.8, 4) is 0 Å². The SMILES string of the molecule is COCC[C@H](NC(=O)[C@H]1CC[C@H](C)O1)C(=O)O. The molecule has 1 saturated heterocycles. The molecule has 1 fully saturated rings. The molecular formula is C11H19NO5. The molecule has 0 saturated carbocycles. The lowest BCUT2D eigenvalue weighted by Crippen LogP contribution is -2.46. The van der Waals surface area contributed by atoms with E-state index in [1.54, 1.807) is 0 Å². The largest absolute Gasteiger partial charge is 0.480 e. The summed E-state index contributed by atoms with van der Waals surface area (Å²) in [5.74, 6) is -1.40. The third-order valence-electron chi connectivity index (χ3n) is 2.75. The molecule has 1 heterocycles. The predicted molar refractivity (Wildman–Crippen MR) is 59.6 cm³/mol. The van der Waals surface area contributed by atoms with E-state index in [2.05, 4.69) is 5.32 Å². The molecule has 2 N–H and O–H groups in total. The maximum Gasteiger partial charge on any atom is 0.326 e. The standard InChI is InChI=1S/C11H19NO5/c1-7-3-4-9(17-7)10(13)12-8(11(14)15)5-6-16-2/h7-9H,3-6H2,1-2H3,(H,12,13)(H,14,15)/t7-,8-,9+/m0/s1. The third kappa shape index (κ3) is 4.32. The highest BCUT2D eigenvalue weighted by Gasteiger charge is 2.30. The van der Waals surface area contributed by atoms with Gasteiger partial charge in [-0.1, -0.05) is 0 Å². The number of carbonyl (C=O) groups is 2. The van der Waals surface area contributed by atoms with Gasteiger partial charge in [-0.2, -0.15) is 0 Å². The van der Waals surface area contributed by atoms with Gasteiger partial charge in [-0.3, -0.25) is 4.79 Å². The van der Waals surface area contributed by atoms with Crippen LogP contribution in [0.4, 0.5) is 0 Å². The fourth-order valence-corrected chi connectivity index (χ4v) is 1.75. The number of aliphatic carboxylic acids is 1. The van der Waals surface area contributed by atoms with Crippen LogP contribution < -0.4 is 5.32 Å². The van der Waals surface area contributed by atoms with Gasteiger partial charge in [0, 0.05) is 20.1 Å². The molecular weight excluding hydrogens is 226 g/mol. The van der Waals surface area contributed by atoms with Gasteiger partial charge in [0.2, 0.25) is 5.91 Å². The van der Waals surface area contributed by atoms with Crippen molar-refractivity contribution in [1.29, 1.82) is 0 Å². The number of carboxylic acid groups (broad SMARTS) is 1. The van der Waals surface area contributed by atoms with Gasteiger partial charge in [-0.15, -0.1) is 0 Å². The monoisotopic (exact) mass is 245 g/mol. The predicted octanol–water partition coefficient (Wildman–Crippen LogP) is 0.160. The van der Waals surface area contributed by atoms with Crippen molar-refractivity contribution in [2.45, 2.75) is 44.4 Å². The van der Waals surface area contributed by atoms with Crippen molar-refractivity contribution >= 4 is 11.9 Å². The van der Waals surface area contributed by atoms with Crippen LogP contribution in [0.25, 0.3) is 0 Å². The highest BCUT2D eigenvalue weighted by molar-refractivity contribution is 5.86. The van der Waals surface area contributed by atoms with Gasteiger partial charge < -0.3 is 19.9 Å². The van der Waals surface area contributed by atoms with Crippen LogP contribution in [0.2, 0.25) is 0 Å². The molecule has 0 aliphatic carbocycles. The number of hydrogen-bond acceptors (Lipinski definition) is 4. The first kappa shape index (κ1) is 13.9. The molecule has 6 heteroatoms. The van der Waals surface area contributed by atoms with E-state index in [0.717, 1.165) is 6.42 Å². The average molecular weight is 245 g/mol. The summed E-state index contributed by atoms with van der Waals surface area (Å²) in [6.45, 7) is 2.19. The van der Waals surface area contributed by atoms with Crippen molar-refractivity contribution < 1.29 is 24.2 Å². The van der Waals surface area contributed by atoms with Crippen LogP contribution in [0, 0.1) is 0 Å². The number of carboxylic acids is 1. The van der Waals surface area contributed by atoms with E-state index >= 15 is 0 Å². The summed E-state index contributed by atoms with van der Waals surface area (Å²) >= 11 is 0. The Bertz CT molecular complexity index is 281. The Labute approximate surface area is 100 Å². The zero-order valence-electron chi connectivity index (χ0n) is 10.1. The van der Waals surface area contributed by atoms with Crippen LogP contribution in [0.5, 0.6) is 0 Å². The minimum Gasteiger partial charge on any atom is -0.480 e. The number of rotatable bonds is 6. The molecule has 0 bridgehead atoms. The summed E-state index contributed by atoms with van der Waals surface area (Å²) in [6.07, 6.45) is 1.26. The molecule has 1 rings (SSSR count). The van der Waals surface area contributed by atoms with Gasteiger partial charge in [-0.25, -0.2) is 4.79 Å². The van der Waals surface area contributed by atoms with Gasteiger partial charge in [0.05, 0.1) is 6.10 Å². The summed E-state index contributed by atoms with van der Waals surface area (Å²) in [5, 5.41) is 11.4. The number of methoxy groups -OCH3 is 1. The first-order valence-electron chi connectivity index (χ1n) is 5.72. The van der Waals surface area contributed by atoms with Crippen molar-refractivity contribution in [1.82, 2.24) is 5.32 Å². The zero-order valence-corrected chi connectivity index (χ0v) is 10.1. The lowest BCUT2D eigenvalue weighted by Gasteiger charge is -2.17. The Kier molecular flexibility index (Phi) is 5.37. The van der Waals surface area contributed by atoms with Crippen LogP contribution >= 0.6 is 0 Å². The number of ether oxygens (including phenoxy) is 2. The Morgan fingerprint density at radius 1 is 1.53 bits per heavy atom. The van der Waals surface area contributed by atoms with Crippen molar-refractivity contribution in [3.63, 3.8) is 0 Å². The van der Waals surface area contributed by atoms with E-state index in [-0.39, 0.29) is 18.4 Å². The Morgan fingerprint density at radius 2 is 2.24 bits per heavy atom. The molecule has 0 aromatic carbocycles. The van der Waals surface area contributed by atoms with Crippen LogP contribution in [-0.4, -0.2) is 48.9 Å². The number of carbonyl (C=O) groups excluding carboxylic acids is 1. The van der Waals surface area contributed by atoms with Crippen LogP contribution in [0.1, 0.15) is 26.2 Å². The number of amides is 1. The molecule has 1 amide bonds. The van der Waals surface area contributed by atoms with Crippen molar-refractivity contribution in [2.24, 2.45) is 0 Å². The molecule has 1 aliphatic rings. The summed E-state index contributed by atoms with van der Waals surface area (Å²) in [5.41, 5.74) is 0. The van der Waals surface area contributed by atoms with E-state index < -0.39 is 18.1 Å². The van der Waals surface area contributed by atoms with Crippen LogP contribution in [-0.2, 0) is 19.1 Å². The highest BCUT2D eigenvalue weighted by Crippen LogP contribution is 2.19. The van der Waals surface area contributed by atoms with Crippen LogP contribution in [0.15, 0.2) is 0 Å². The lowest BCUT2D eigenvalue weighted by atomic mass is 10.1. The molecule has 3 atom stereocenters. The molecule has 6 nitrogen and oxygen atoms in total. The first-order chi connectivity index (χ1) is 8.04. The van der Waals surface area contributed by atoms with E-state index in [1.807, 2.05) is 6.92 Å². The summed E-state index contributed by atoms with van der Waals surface area (Å²) in [4.78, 5) is 22.6. The fraction of sp³-hybridized carbons (Fsp3) is 0.818. The smallest absolute Gasteiger partial charge is 0.326 e. The fourth-order valence-electron chi connectivity index (χ4n) is 1.75. The summed E-state index contributed by atoms with van der Waals surface area (Å²) in [7, 11) is 1.49. The van der Waals surface area contributed by atoms with Gasteiger partial charge in [-0.05, 0) is 19.8 Å². The molecule has 98 valence electrons. The van der Waals surface area contributed by atoms with Gasteiger partial charge in [0.25, 0.3) is 0 Å². The summed E-state index contributed by atoms with van der Waals surface area (Å²) in [6, 6.07) is -0.915. The number of nitrogens with one attached hydrogen (secondary N) is 1. The zero-order chi connectivity index (χ0) is 12.8. The highest BCUT2D eigenvalue weighted by atomic mass is 16.5. The molecule has 0 unspecified atom stereocenters. The molecule has 1 aliphatic heterocycles. The van der Waals surface area contributed by atoms with Crippen molar-refractivity contribution in [3.05, 3.63) is 0 Å². The van der Waals surface area contributed by atoms with Gasteiger partial charge in [0.15, 0.2) is 0 Å². The normalized spacial score (nSPS) is 25.5. The Hall–Kier alpha value is -1.14. The van der Waals surface area contributed by atoms with E-state index in [0.29, 0.717) is 13.0 Å². The second-order valence-electron chi connectivity index (χ2n) is 4.19. The van der Waals surface area contributed by atoms with Gasteiger partial charge in [0.1, 0.15) is 12.1 Å². The minimum absolute atomic E-state index is 0.0630. The van der Waals surface area contributed by atoms with E-state index in [1.165, 1.54) is 7.11 Å². The lowest BCUT2D eigenvalue weighted by molar-refractivity contribution is -0.144. The van der Waals surface area contributed by atoms with E-state index in [4.69, 9.17) is 14.6 Å². The molecule has 0 aromatic rings. The van der Waals surface area contributed by atoms with Crippen LogP contribution in [0.3, 0.4) is 0 Å². The first-order valence-corrected chi connectivity index (χ1v) is 5.72. The average Bonchev–Trinajstić information content (AvgIpc) is 2.70. The quantitative estimate of drug-likeness (QED) is 0.696. The second-order valence-corrected chi connectivity index (χ2v) is 4.19. The second kappa shape index (κ2) is 6.56.